The Morgan fingerprint density at radius 3 is 2.38 bits per heavy atom. The van der Waals surface area contributed by atoms with Crippen LogP contribution in [0.15, 0.2) is 16.6 Å². The first kappa shape index (κ1) is 11.6. The van der Waals surface area contributed by atoms with Gasteiger partial charge in [0.05, 0.1) is 0 Å². The van der Waals surface area contributed by atoms with Crippen LogP contribution in [-0.2, 0) is 4.79 Å². The largest absolute Gasteiger partial charge is 0.326 e. The van der Waals surface area contributed by atoms with Crippen molar-refractivity contribution in [3.8, 4) is 0 Å². The van der Waals surface area contributed by atoms with Crippen LogP contribution in [0.5, 0.6) is 0 Å². The summed E-state index contributed by atoms with van der Waals surface area (Å²) in [6.07, 6.45) is 0.453. The Morgan fingerprint density at radius 2 is 1.94 bits per heavy atom. The van der Waals surface area contributed by atoms with Crippen molar-refractivity contribution in [3.05, 3.63) is 27.7 Å². The number of halogens is 1. The van der Waals surface area contributed by atoms with E-state index in [9.17, 15) is 4.79 Å². The summed E-state index contributed by atoms with van der Waals surface area (Å²) in [5.41, 5.74) is 9.04. The summed E-state index contributed by atoms with van der Waals surface area (Å²) in [6.45, 7) is 4.66. The number of rotatable bonds is 1. The number of aryl methyl sites for hydroxylation is 2. The Balaban J connectivity index is 2.44. The summed E-state index contributed by atoms with van der Waals surface area (Å²) in [4.78, 5) is 13.6. The number of carbonyl (C=O) groups excluding carboxylic acids is 1. The number of benzene rings is 1. The number of carbonyl (C=O) groups is 1. The van der Waals surface area contributed by atoms with Crippen molar-refractivity contribution >= 4 is 27.5 Å². The van der Waals surface area contributed by atoms with Crippen LogP contribution in [0.4, 0.5) is 5.69 Å². The van der Waals surface area contributed by atoms with Gasteiger partial charge in [0.15, 0.2) is 0 Å². The van der Waals surface area contributed by atoms with E-state index in [0.29, 0.717) is 13.0 Å². The van der Waals surface area contributed by atoms with Gasteiger partial charge in [-0.25, -0.2) is 0 Å². The molecule has 1 unspecified atom stereocenters. The molecule has 2 rings (SSSR count). The van der Waals surface area contributed by atoms with Crippen LogP contribution in [-0.4, -0.2) is 18.5 Å². The molecule has 3 nitrogen and oxygen atoms in total. The highest BCUT2D eigenvalue weighted by Crippen LogP contribution is 2.31. The van der Waals surface area contributed by atoms with Crippen LogP contribution in [0.25, 0.3) is 0 Å². The lowest BCUT2D eigenvalue weighted by Crippen LogP contribution is -2.29. The topological polar surface area (TPSA) is 46.3 Å². The van der Waals surface area contributed by atoms with Crippen LogP contribution in [0, 0.1) is 13.8 Å². The predicted octanol–water partition coefficient (Wildman–Crippen LogP) is 2.13. The molecule has 86 valence electrons. The van der Waals surface area contributed by atoms with Crippen molar-refractivity contribution in [1.82, 2.24) is 0 Å². The van der Waals surface area contributed by atoms with Gasteiger partial charge in [-0.15, -0.1) is 0 Å². The highest BCUT2D eigenvalue weighted by Gasteiger charge is 2.29. The molecule has 0 spiro atoms. The van der Waals surface area contributed by atoms with Gasteiger partial charge in [-0.05, 0) is 37.1 Å². The average molecular weight is 283 g/mol. The summed E-state index contributed by atoms with van der Waals surface area (Å²) < 4.78 is 1.04. The van der Waals surface area contributed by atoms with Gasteiger partial charge in [-0.1, -0.05) is 15.9 Å². The number of nitrogens with two attached hydrogens (primary N) is 1. The van der Waals surface area contributed by atoms with E-state index in [4.69, 9.17) is 5.73 Å². The van der Waals surface area contributed by atoms with E-state index in [1.165, 1.54) is 0 Å². The third-order valence-corrected chi connectivity index (χ3v) is 3.34. The zero-order valence-electron chi connectivity index (χ0n) is 9.46. The van der Waals surface area contributed by atoms with Crippen LogP contribution in [0.3, 0.4) is 0 Å². The second-order valence-corrected chi connectivity index (χ2v) is 5.27. The van der Waals surface area contributed by atoms with E-state index >= 15 is 0 Å². The maximum Gasteiger partial charge on any atom is 0.228 e. The van der Waals surface area contributed by atoms with Crippen LogP contribution >= 0.6 is 15.9 Å². The molecule has 1 amide bonds. The Labute approximate surface area is 104 Å². The Bertz CT molecular complexity index is 422. The van der Waals surface area contributed by atoms with Crippen LogP contribution in [0.2, 0.25) is 0 Å². The minimum atomic E-state index is -0.0325. The highest BCUT2D eigenvalue weighted by atomic mass is 79.9. The zero-order valence-corrected chi connectivity index (χ0v) is 11.0. The molecule has 4 heteroatoms. The molecule has 0 radical (unpaired) electrons. The van der Waals surface area contributed by atoms with Crippen molar-refractivity contribution < 1.29 is 4.79 Å². The van der Waals surface area contributed by atoms with Crippen LogP contribution in [0.1, 0.15) is 17.5 Å². The number of amides is 1. The number of hydrogen-bond acceptors (Lipinski definition) is 2. The van der Waals surface area contributed by atoms with Crippen molar-refractivity contribution in [2.24, 2.45) is 5.73 Å². The zero-order chi connectivity index (χ0) is 11.9. The van der Waals surface area contributed by atoms with E-state index in [0.717, 1.165) is 21.3 Å². The van der Waals surface area contributed by atoms with Gasteiger partial charge in [0.2, 0.25) is 5.91 Å². The fourth-order valence-electron chi connectivity index (χ4n) is 2.28. The van der Waals surface area contributed by atoms with E-state index in [1.807, 2.05) is 30.9 Å². The van der Waals surface area contributed by atoms with E-state index in [1.54, 1.807) is 0 Å². The van der Waals surface area contributed by atoms with Gasteiger partial charge < -0.3 is 10.6 Å². The summed E-state index contributed by atoms with van der Waals surface area (Å²) >= 11 is 3.45. The minimum Gasteiger partial charge on any atom is -0.326 e. The second-order valence-electron chi connectivity index (χ2n) is 4.36. The van der Waals surface area contributed by atoms with E-state index in [2.05, 4.69) is 15.9 Å². The molecule has 1 saturated heterocycles. The fourth-order valence-corrected chi connectivity index (χ4v) is 2.97. The Kier molecular flexibility index (Phi) is 3.04. The molecule has 1 atom stereocenters. The molecule has 0 aromatic heterocycles. The number of hydrogen-bond donors (Lipinski definition) is 1. The lowest BCUT2D eigenvalue weighted by atomic mass is 10.1. The fraction of sp³-hybridized carbons (Fsp3) is 0.417. The summed E-state index contributed by atoms with van der Waals surface area (Å²) in [5.74, 6) is 0.126. The quantitative estimate of drug-likeness (QED) is 0.858. The van der Waals surface area contributed by atoms with Crippen molar-refractivity contribution in [3.63, 3.8) is 0 Å². The Hall–Kier alpha value is -0.870. The highest BCUT2D eigenvalue weighted by molar-refractivity contribution is 9.10. The molecular weight excluding hydrogens is 268 g/mol. The van der Waals surface area contributed by atoms with Gasteiger partial charge in [-0.3, -0.25) is 4.79 Å². The number of nitrogens with zero attached hydrogens (tertiary/aromatic N) is 1. The van der Waals surface area contributed by atoms with Gasteiger partial charge in [0, 0.05) is 29.2 Å². The van der Waals surface area contributed by atoms with E-state index < -0.39 is 0 Å². The van der Waals surface area contributed by atoms with Gasteiger partial charge in [-0.2, -0.15) is 0 Å². The molecule has 1 aliphatic heterocycles. The smallest absolute Gasteiger partial charge is 0.228 e. The lowest BCUT2D eigenvalue weighted by Gasteiger charge is -2.21. The maximum atomic E-state index is 11.8. The monoisotopic (exact) mass is 282 g/mol. The maximum absolute atomic E-state index is 11.8. The number of anilines is 1. The molecule has 2 N–H and O–H groups in total. The van der Waals surface area contributed by atoms with E-state index in [-0.39, 0.29) is 11.9 Å². The third kappa shape index (κ3) is 1.99. The molecular formula is C12H15BrN2O. The van der Waals surface area contributed by atoms with Gasteiger partial charge in [0.25, 0.3) is 0 Å². The molecule has 0 bridgehead atoms. The van der Waals surface area contributed by atoms with Gasteiger partial charge in [0.1, 0.15) is 0 Å². The molecule has 1 fully saturated rings. The molecule has 1 aliphatic rings. The van der Waals surface area contributed by atoms with Crippen molar-refractivity contribution in [2.75, 3.05) is 11.4 Å². The standard InChI is InChI=1S/C12H15BrN2O/c1-7-3-9(13)4-8(2)12(7)15-6-10(14)5-11(15)16/h3-4,10H,5-6,14H2,1-2H3. The molecule has 0 aliphatic carbocycles. The summed E-state index contributed by atoms with van der Waals surface area (Å²) in [5, 5.41) is 0. The normalized spacial score (nSPS) is 20.6. The lowest BCUT2D eigenvalue weighted by molar-refractivity contribution is -0.117. The third-order valence-electron chi connectivity index (χ3n) is 2.88. The first-order valence-corrected chi connectivity index (χ1v) is 6.11. The Morgan fingerprint density at radius 1 is 1.38 bits per heavy atom. The summed E-state index contributed by atoms with van der Waals surface area (Å²) in [6, 6.07) is 4.02. The van der Waals surface area contributed by atoms with Crippen LogP contribution < -0.4 is 10.6 Å². The first-order valence-electron chi connectivity index (χ1n) is 5.31. The molecule has 16 heavy (non-hydrogen) atoms. The molecule has 1 aromatic carbocycles. The average Bonchev–Trinajstić information content (AvgIpc) is 2.43. The summed E-state index contributed by atoms with van der Waals surface area (Å²) in [7, 11) is 0. The van der Waals surface area contributed by atoms with Gasteiger partial charge >= 0.3 is 0 Å². The molecule has 0 saturated carbocycles. The predicted molar refractivity (Wildman–Crippen MR) is 68.6 cm³/mol. The molecule has 1 aromatic rings. The van der Waals surface area contributed by atoms with Crippen molar-refractivity contribution in [1.29, 1.82) is 0 Å². The minimum absolute atomic E-state index is 0.0325. The first-order chi connectivity index (χ1) is 7.49. The second kappa shape index (κ2) is 4.18. The molecule has 1 heterocycles. The van der Waals surface area contributed by atoms with Crippen molar-refractivity contribution in [2.45, 2.75) is 26.3 Å². The SMILES string of the molecule is Cc1cc(Br)cc(C)c1N1CC(N)CC1=O.